The monoisotopic (exact) mass is 247 g/mol. The van der Waals surface area contributed by atoms with E-state index in [2.05, 4.69) is 43.1 Å². The lowest BCUT2D eigenvalue weighted by Crippen LogP contribution is -2.34. The lowest BCUT2D eigenvalue weighted by molar-refractivity contribution is 0.254. The average molecular weight is 247 g/mol. The molecule has 0 fully saturated rings. The minimum absolute atomic E-state index is 0.124. The summed E-state index contributed by atoms with van der Waals surface area (Å²) < 4.78 is 0. The Morgan fingerprint density at radius 1 is 1.44 bits per heavy atom. The van der Waals surface area contributed by atoms with E-state index in [0.29, 0.717) is 11.5 Å². The smallest absolute Gasteiger partial charge is 0.165 e. The van der Waals surface area contributed by atoms with Crippen molar-refractivity contribution in [2.24, 2.45) is 5.41 Å². The molecule has 0 amide bonds. The van der Waals surface area contributed by atoms with Gasteiger partial charge in [-0.05, 0) is 31.6 Å². The second-order valence-electron chi connectivity index (χ2n) is 5.50. The molecule has 0 aliphatic heterocycles. The zero-order valence-corrected chi connectivity index (χ0v) is 11.5. The Morgan fingerprint density at radius 2 is 2.11 bits per heavy atom. The summed E-state index contributed by atoms with van der Waals surface area (Å²) in [5.41, 5.74) is 6.43. The first-order valence-corrected chi connectivity index (χ1v) is 5.89. The molecule has 5 heteroatoms. The minimum atomic E-state index is 0.124. The fourth-order valence-corrected chi connectivity index (χ4v) is 1.90. The third-order valence-electron chi connectivity index (χ3n) is 2.52. The second-order valence-corrected chi connectivity index (χ2v) is 5.50. The van der Waals surface area contributed by atoms with Crippen LogP contribution >= 0.6 is 0 Å². The topological polar surface area (TPSA) is 78.0 Å². The molecule has 0 atom stereocenters. The van der Waals surface area contributed by atoms with Gasteiger partial charge in [0, 0.05) is 13.1 Å². The Kier molecular flexibility index (Phi) is 4.51. The van der Waals surface area contributed by atoms with Gasteiger partial charge in [-0.25, -0.2) is 4.98 Å². The van der Waals surface area contributed by atoms with Crippen molar-refractivity contribution in [3.05, 3.63) is 17.8 Å². The first-order chi connectivity index (χ1) is 8.34. The van der Waals surface area contributed by atoms with Crippen LogP contribution in [0.2, 0.25) is 0 Å². The lowest BCUT2D eigenvalue weighted by Gasteiger charge is -2.28. The number of pyridine rings is 1. The molecule has 0 bridgehead atoms. The Hall–Kier alpha value is -1.80. The number of anilines is 2. The van der Waals surface area contributed by atoms with Gasteiger partial charge in [0.25, 0.3) is 0 Å². The molecule has 0 spiro atoms. The van der Waals surface area contributed by atoms with Gasteiger partial charge < -0.3 is 16.0 Å². The molecule has 18 heavy (non-hydrogen) atoms. The normalized spacial score (nSPS) is 11.3. The second kappa shape index (κ2) is 5.69. The van der Waals surface area contributed by atoms with E-state index in [1.165, 1.54) is 0 Å². The predicted molar refractivity (Wildman–Crippen MR) is 74.2 cm³/mol. The van der Waals surface area contributed by atoms with Crippen molar-refractivity contribution in [2.75, 3.05) is 38.2 Å². The van der Waals surface area contributed by atoms with Crippen molar-refractivity contribution in [2.45, 2.75) is 13.8 Å². The summed E-state index contributed by atoms with van der Waals surface area (Å²) >= 11 is 0. The first kappa shape index (κ1) is 14.3. The molecule has 5 nitrogen and oxygen atoms in total. The van der Waals surface area contributed by atoms with Crippen LogP contribution in [0.15, 0.2) is 12.1 Å². The number of nitriles is 1. The van der Waals surface area contributed by atoms with Crippen LogP contribution in [-0.4, -0.2) is 37.1 Å². The van der Waals surface area contributed by atoms with Gasteiger partial charge in [-0.3, -0.25) is 0 Å². The molecule has 0 unspecified atom stereocenters. The maximum atomic E-state index is 8.86. The van der Waals surface area contributed by atoms with Gasteiger partial charge in [0.15, 0.2) is 5.69 Å². The summed E-state index contributed by atoms with van der Waals surface area (Å²) in [6.07, 6.45) is 0. The number of hydrogen-bond donors (Lipinski definition) is 2. The fourth-order valence-electron chi connectivity index (χ4n) is 1.90. The summed E-state index contributed by atoms with van der Waals surface area (Å²) in [6.45, 7) is 6.12. The van der Waals surface area contributed by atoms with E-state index in [-0.39, 0.29) is 11.1 Å². The van der Waals surface area contributed by atoms with Crippen LogP contribution in [0.5, 0.6) is 0 Å². The summed E-state index contributed by atoms with van der Waals surface area (Å²) in [6, 6.07) is 5.48. The van der Waals surface area contributed by atoms with Crippen molar-refractivity contribution in [1.82, 2.24) is 9.88 Å². The molecule has 0 aliphatic carbocycles. The predicted octanol–water partition coefficient (Wildman–Crippen LogP) is 1.54. The molecule has 98 valence electrons. The molecular formula is C13H21N5. The molecule has 1 aromatic rings. The van der Waals surface area contributed by atoms with E-state index in [4.69, 9.17) is 11.0 Å². The number of nitrogens with two attached hydrogens (primary N) is 1. The Bertz CT molecular complexity index is 445. The number of rotatable bonds is 5. The van der Waals surface area contributed by atoms with E-state index in [0.717, 1.165) is 13.1 Å². The van der Waals surface area contributed by atoms with Gasteiger partial charge in [-0.1, -0.05) is 13.8 Å². The Balaban J connectivity index is 2.67. The van der Waals surface area contributed by atoms with Crippen molar-refractivity contribution >= 4 is 11.5 Å². The molecule has 1 heterocycles. The molecular weight excluding hydrogens is 226 g/mol. The SMILES string of the molecule is CN(C)CC(C)(C)CNc1ccc(N)c(C#N)n1. The molecule has 0 radical (unpaired) electrons. The summed E-state index contributed by atoms with van der Waals surface area (Å²) in [4.78, 5) is 6.31. The van der Waals surface area contributed by atoms with E-state index in [1.54, 1.807) is 12.1 Å². The van der Waals surface area contributed by atoms with Crippen LogP contribution in [0.4, 0.5) is 11.5 Å². The maximum absolute atomic E-state index is 8.86. The van der Waals surface area contributed by atoms with Gasteiger partial charge in [0.1, 0.15) is 11.9 Å². The largest absolute Gasteiger partial charge is 0.396 e. The maximum Gasteiger partial charge on any atom is 0.165 e. The molecule has 0 aliphatic rings. The van der Waals surface area contributed by atoms with Gasteiger partial charge in [-0.15, -0.1) is 0 Å². The van der Waals surface area contributed by atoms with Gasteiger partial charge in [0.2, 0.25) is 0 Å². The molecule has 1 rings (SSSR count). The fraction of sp³-hybridized carbons (Fsp3) is 0.538. The highest BCUT2D eigenvalue weighted by Crippen LogP contribution is 2.18. The lowest BCUT2D eigenvalue weighted by atomic mass is 9.93. The van der Waals surface area contributed by atoms with E-state index < -0.39 is 0 Å². The van der Waals surface area contributed by atoms with Crippen LogP contribution in [0.1, 0.15) is 19.5 Å². The number of nitrogens with zero attached hydrogens (tertiary/aromatic N) is 3. The highest BCUT2D eigenvalue weighted by molar-refractivity contribution is 5.54. The minimum Gasteiger partial charge on any atom is -0.396 e. The van der Waals surface area contributed by atoms with Gasteiger partial charge in [-0.2, -0.15) is 5.26 Å². The number of hydrogen-bond acceptors (Lipinski definition) is 5. The highest BCUT2D eigenvalue weighted by atomic mass is 15.1. The quantitative estimate of drug-likeness (QED) is 0.825. The van der Waals surface area contributed by atoms with Crippen LogP contribution < -0.4 is 11.1 Å². The van der Waals surface area contributed by atoms with E-state index in [1.807, 2.05) is 6.07 Å². The first-order valence-electron chi connectivity index (χ1n) is 5.89. The number of nitrogens with one attached hydrogen (secondary N) is 1. The third-order valence-corrected chi connectivity index (χ3v) is 2.52. The van der Waals surface area contributed by atoms with Crippen molar-refractivity contribution in [1.29, 1.82) is 5.26 Å². The summed E-state index contributed by atoms with van der Waals surface area (Å²) in [7, 11) is 4.11. The molecule has 1 aromatic heterocycles. The zero-order chi connectivity index (χ0) is 13.8. The summed E-state index contributed by atoms with van der Waals surface area (Å²) in [5.74, 6) is 0.688. The average Bonchev–Trinajstić information content (AvgIpc) is 2.26. The van der Waals surface area contributed by atoms with Crippen LogP contribution in [-0.2, 0) is 0 Å². The van der Waals surface area contributed by atoms with Crippen LogP contribution in [0.25, 0.3) is 0 Å². The summed E-state index contributed by atoms with van der Waals surface area (Å²) in [5, 5.41) is 12.1. The third kappa shape index (κ3) is 4.22. The van der Waals surface area contributed by atoms with Gasteiger partial charge in [0.05, 0.1) is 5.69 Å². The Labute approximate surface area is 109 Å². The molecule has 0 aromatic carbocycles. The molecule has 0 saturated carbocycles. The van der Waals surface area contributed by atoms with Crippen LogP contribution in [0.3, 0.4) is 0 Å². The van der Waals surface area contributed by atoms with Crippen molar-refractivity contribution in [3.8, 4) is 6.07 Å². The Morgan fingerprint density at radius 3 is 2.67 bits per heavy atom. The van der Waals surface area contributed by atoms with E-state index in [9.17, 15) is 0 Å². The highest BCUT2D eigenvalue weighted by Gasteiger charge is 2.18. The van der Waals surface area contributed by atoms with Crippen molar-refractivity contribution < 1.29 is 0 Å². The number of aromatic nitrogens is 1. The zero-order valence-electron chi connectivity index (χ0n) is 11.5. The number of nitrogen functional groups attached to an aromatic ring is 1. The molecule has 0 saturated heterocycles. The molecule has 3 N–H and O–H groups in total. The van der Waals surface area contributed by atoms with Crippen molar-refractivity contribution in [3.63, 3.8) is 0 Å². The van der Waals surface area contributed by atoms with Gasteiger partial charge >= 0.3 is 0 Å². The standard InChI is InChI=1S/C13H21N5/c1-13(2,9-18(3)4)8-16-12-6-5-10(15)11(7-14)17-12/h5-6H,8-9,15H2,1-4H3,(H,16,17). The van der Waals surface area contributed by atoms with E-state index >= 15 is 0 Å². The van der Waals surface area contributed by atoms with Crippen LogP contribution in [0, 0.1) is 16.7 Å².